The number of fused-ring (bicyclic) bond motifs is 1. The maximum Gasteiger partial charge on any atom is 0.226 e. The third-order valence-electron chi connectivity index (χ3n) is 3.72. The molecule has 0 aliphatic rings. The van der Waals surface area contributed by atoms with Crippen molar-refractivity contribution in [2.24, 2.45) is 0 Å². The van der Waals surface area contributed by atoms with E-state index in [-0.39, 0.29) is 6.61 Å². The Morgan fingerprint density at radius 3 is 2.67 bits per heavy atom. The second-order valence-electron chi connectivity index (χ2n) is 5.55. The molecule has 3 rings (SSSR count). The quantitative estimate of drug-likeness (QED) is 0.600. The molecular formula is C17H20N6O. The summed E-state index contributed by atoms with van der Waals surface area (Å²) in [7, 11) is 0. The van der Waals surface area contributed by atoms with E-state index < -0.39 is 0 Å². The summed E-state index contributed by atoms with van der Waals surface area (Å²) in [6.45, 7) is 4.85. The van der Waals surface area contributed by atoms with Gasteiger partial charge in [-0.25, -0.2) is 9.97 Å². The summed E-state index contributed by atoms with van der Waals surface area (Å²) < 4.78 is 0. The molecule has 7 nitrogen and oxygen atoms in total. The minimum absolute atomic E-state index is 0.119. The third kappa shape index (κ3) is 3.57. The number of benzene rings is 1. The van der Waals surface area contributed by atoms with Gasteiger partial charge in [-0.1, -0.05) is 6.07 Å². The highest BCUT2D eigenvalue weighted by Crippen LogP contribution is 2.23. The summed E-state index contributed by atoms with van der Waals surface area (Å²) >= 11 is 0. The van der Waals surface area contributed by atoms with Crippen LogP contribution in [-0.4, -0.2) is 38.2 Å². The second-order valence-corrected chi connectivity index (χ2v) is 5.55. The summed E-state index contributed by atoms with van der Waals surface area (Å²) in [6, 6.07) is 6.14. The third-order valence-corrected chi connectivity index (χ3v) is 3.72. The highest BCUT2D eigenvalue weighted by Gasteiger charge is 2.10. The first-order chi connectivity index (χ1) is 11.7. The summed E-state index contributed by atoms with van der Waals surface area (Å²) in [5.41, 5.74) is 4.50. The molecule has 0 bridgehead atoms. The first-order valence-electron chi connectivity index (χ1n) is 7.85. The van der Waals surface area contributed by atoms with Crippen LogP contribution in [0.25, 0.3) is 11.2 Å². The molecular weight excluding hydrogens is 304 g/mol. The van der Waals surface area contributed by atoms with Crippen molar-refractivity contribution in [3.05, 3.63) is 41.7 Å². The number of aromatic nitrogens is 4. The van der Waals surface area contributed by atoms with Crippen molar-refractivity contribution in [3.63, 3.8) is 0 Å². The summed E-state index contributed by atoms with van der Waals surface area (Å²) in [6.07, 6.45) is 3.85. The fourth-order valence-corrected chi connectivity index (χ4v) is 2.27. The Labute approximate surface area is 140 Å². The number of aliphatic hydroxyl groups is 1. The van der Waals surface area contributed by atoms with E-state index in [1.165, 1.54) is 11.1 Å². The highest BCUT2D eigenvalue weighted by molar-refractivity contribution is 5.85. The predicted molar refractivity (Wildman–Crippen MR) is 94.5 cm³/mol. The van der Waals surface area contributed by atoms with Gasteiger partial charge in [-0.2, -0.15) is 9.97 Å². The number of aliphatic hydroxyl groups excluding tert-OH is 1. The standard InChI is InChI=1S/C17H20N6O/c1-11-4-5-13(10-12(11)2)21-16-14-15(19-8-7-18-14)22-17(23-16)20-6-3-9-24/h4-5,7-8,10,24H,3,6,9H2,1-2H3,(H2,19,20,21,22,23). The monoisotopic (exact) mass is 324 g/mol. The highest BCUT2D eigenvalue weighted by atomic mass is 16.3. The number of nitrogens with one attached hydrogen (secondary N) is 2. The molecule has 3 aromatic rings. The van der Waals surface area contributed by atoms with E-state index >= 15 is 0 Å². The van der Waals surface area contributed by atoms with Crippen LogP contribution in [0.1, 0.15) is 17.5 Å². The van der Waals surface area contributed by atoms with Gasteiger partial charge in [0.25, 0.3) is 0 Å². The average Bonchev–Trinajstić information content (AvgIpc) is 2.58. The van der Waals surface area contributed by atoms with E-state index in [0.717, 1.165) is 5.69 Å². The Kier molecular flexibility index (Phi) is 4.81. The Bertz CT molecular complexity index is 852. The molecule has 2 heterocycles. The molecule has 0 aliphatic heterocycles. The second kappa shape index (κ2) is 7.18. The molecule has 0 atom stereocenters. The van der Waals surface area contributed by atoms with Gasteiger partial charge in [-0.05, 0) is 43.5 Å². The van der Waals surface area contributed by atoms with Crippen molar-refractivity contribution in [3.8, 4) is 0 Å². The van der Waals surface area contributed by atoms with Crippen molar-refractivity contribution < 1.29 is 5.11 Å². The van der Waals surface area contributed by atoms with Crippen LogP contribution in [0.15, 0.2) is 30.6 Å². The SMILES string of the molecule is Cc1ccc(Nc2nc(NCCCO)nc3nccnc23)cc1C. The topological polar surface area (TPSA) is 95.9 Å². The van der Waals surface area contributed by atoms with Crippen LogP contribution < -0.4 is 10.6 Å². The van der Waals surface area contributed by atoms with Crippen LogP contribution in [0.4, 0.5) is 17.5 Å². The molecule has 0 fully saturated rings. The number of anilines is 3. The van der Waals surface area contributed by atoms with Crippen LogP contribution >= 0.6 is 0 Å². The van der Waals surface area contributed by atoms with E-state index in [1.807, 2.05) is 6.07 Å². The number of aryl methyl sites for hydroxylation is 2. The van der Waals surface area contributed by atoms with E-state index in [0.29, 0.717) is 35.9 Å². The van der Waals surface area contributed by atoms with Gasteiger partial charge >= 0.3 is 0 Å². The number of nitrogens with zero attached hydrogens (tertiary/aromatic N) is 4. The zero-order valence-electron chi connectivity index (χ0n) is 13.7. The predicted octanol–water partition coefficient (Wildman–Crippen LogP) is 2.57. The lowest BCUT2D eigenvalue weighted by atomic mass is 10.1. The molecule has 0 radical (unpaired) electrons. The Morgan fingerprint density at radius 2 is 1.88 bits per heavy atom. The molecule has 0 spiro atoms. The van der Waals surface area contributed by atoms with Gasteiger partial charge in [-0.15, -0.1) is 0 Å². The minimum Gasteiger partial charge on any atom is -0.396 e. The molecule has 0 saturated heterocycles. The first kappa shape index (κ1) is 16.1. The molecule has 0 amide bonds. The fourth-order valence-electron chi connectivity index (χ4n) is 2.27. The lowest BCUT2D eigenvalue weighted by Gasteiger charge is -2.11. The van der Waals surface area contributed by atoms with Gasteiger partial charge in [0.2, 0.25) is 5.95 Å². The number of hydrogen-bond donors (Lipinski definition) is 3. The van der Waals surface area contributed by atoms with Gasteiger partial charge in [0.1, 0.15) is 0 Å². The Hall–Kier alpha value is -2.80. The largest absolute Gasteiger partial charge is 0.396 e. The summed E-state index contributed by atoms with van der Waals surface area (Å²) in [4.78, 5) is 17.5. The minimum atomic E-state index is 0.119. The van der Waals surface area contributed by atoms with Crippen molar-refractivity contribution in [1.29, 1.82) is 0 Å². The molecule has 24 heavy (non-hydrogen) atoms. The van der Waals surface area contributed by atoms with Gasteiger partial charge in [0, 0.05) is 31.2 Å². The van der Waals surface area contributed by atoms with E-state index in [2.05, 4.69) is 56.5 Å². The molecule has 0 aliphatic carbocycles. The molecule has 1 aromatic carbocycles. The van der Waals surface area contributed by atoms with Gasteiger partial charge in [0.15, 0.2) is 17.0 Å². The van der Waals surface area contributed by atoms with Crippen LogP contribution in [-0.2, 0) is 0 Å². The van der Waals surface area contributed by atoms with Crippen LogP contribution in [0.3, 0.4) is 0 Å². The first-order valence-corrected chi connectivity index (χ1v) is 7.85. The Balaban J connectivity index is 1.96. The van der Waals surface area contributed by atoms with Crippen molar-refractivity contribution >= 4 is 28.6 Å². The maximum atomic E-state index is 8.90. The van der Waals surface area contributed by atoms with Gasteiger partial charge in [-0.3, -0.25) is 0 Å². The van der Waals surface area contributed by atoms with Crippen LogP contribution in [0.2, 0.25) is 0 Å². The fraction of sp³-hybridized carbons (Fsp3) is 0.294. The molecule has 3 N–H and O–H groups in total. The number of rotatable bonds is 6. The van der Waals surface area contributed by atoms with Crippen LogP contribution in [0, 0.1) is 13.8 Å². The smallest absolute Gasteiger partial charge is 0.226 e. The average molecular weight is 324 g/mol. The lowest BCUT2D eigenvalue weighted by Crippen LogP contribution is -2.09. The van der Waals surface area contributed by atoms with Gasteiger partial charge < -0.3 is 15.7 Å². The normalized spacial score (nSPS) is 10.8. The molecule has 7 heteroatoms. The van der Waals surface area contributed by atoms with Crippen molar-refractivity contribution in [2.45, 2.75) is 20.3 Å². The van der Waals surface area contributed by atoms with Gasteiger partial charge in [0.05, 0.1) is 0 Å². The molecule has 124 valence electrons. The molecule has 2 aromatic heterocycles. The van der Waals surface area contributed by atoms with E-state index in [4.69, 9.17) is 5.11 Å². The van der Waals surface area contributed by atoms with E-state index in [9.17, 15) is 0 Å². The van der Waals surface area contributed by atoms with Crippen molar-refractivity contribution in [1.82, 2.24) is 19.9 Å². The van der Waals surface area contributed by atoms with Crippen molar-refractivity contribution in [2.75, 3.05) is 23.8 Å². The zero-order valence-corrected chi connectivity index (χ0v) is 13.7. The Morgan fingerprint density at radius 1 is 1.04 bits per heavy atom. The molecule has 0 unspecified atom stereocenters. The zero-order chi connectivity index (χ0) is 16.9. The summed E-state index contributed by atoms with van der Waals surface area (Å²) in [5.74, 6) is 1.06. The lowest BCUT2D eigenvalue weighted by molar-refractivity contribution is 0.292. The molecule has 0 saturated carbocycles. The maximum absolute atomic E-state index is 8.90. The van der Waals surface area contributed by atoms with Crippen LogP contribution in [0.5, 0.6) is 0 Å². The summed E-state index contributed by atoms with van der Waals surface area (Å²) in [5, 5.41) is 15.3. The number of hydrogen-bond acceptors (Lipinski definition) is 7. The van der Waals surface area contributed by atoms with E-state index in [1.54, 1.807) is 12.4 Å².